The molecule has 0 amide bonds. The molecule has 0 aliphatic carbocycles. The van der Waals surface area contributed by atoms with Crippen molar-refractivity contribution in [2.24, 2.45) is 5.41 Å². The van der Waals surface area contributed by atoms with Gasteiger partial charge in [-0.1, -0.05) is 13.8 Å². The van der Waals surface area contributed by atoms with Gasteiger partial charge < -0.3 is 20.9 Å². The fraction of sp³-hybridized carbons (Fsp3) is 0.600. The van der Waals surface area contributed by atoms with Crippen molar-refractivity contribution in [1.82, 2.24) is 15.0 Å². The number of carbonyl (C=O) groups is 1. The van der Waals surface area contributed by atoms with E-state index in [9.17, 15) is 4.79 Å². The summed E-state index contributed by atoms with van der Waals surface area (Å²) in [5, 5.41) is 0. The first-order valence-corrected chi connectivity index (χ1v) is 5.32. The Morgan fingerprint density at radius 2 is 1.72 bits per heavy atom. The molecular formula is C10H17N5O3. The van der Waals surface area contributed by atoms with E-state index < -0.39 is 0 Å². The molecule has 0 radical (unpaired) electrons. The maximum absolute atomic E-state index is 10.7. The van der Waals surface area contributed by atoms with E-state index >= 15 is 0 Å². The minimum Gasteiger partial charge on any atom is -0.465 e. The highest BCUT2D eigenvalue weighted by molar-refractivity contribution is 5.65. The molecule has 0 aliphatic rings. The van der Waals surface area contributed by atoms with Gasteiger partial charge in [0.15, 0.2) is 0 Å². The van der Waals surface area contributed by atoms with Gasteiger partial charge in [-0.2, -0.15) is 15.0 Å². The molecule has 100 valence electrons. The average Bonchev–Trinajstić information content (AvgIpc) is 2.23. The molecule has 0 saturated carbocycles. The molecule has 0 fully saturated rings. The van der Waals surface area contributed by atoms with Crippen LogP contribution in [-0.4, -0.2) is 34.1 Å². The number of nitrogen functional groups attached to an aromatic ring is 2. The molecule has 18 heavy (non-hydrogen) atoms. The lowest BCUT2D eigenvalue weighted by Gasteiger charge is -2.23. The molecule has 0 atom stereocenters. The lowest BCUT2D eigenvalue weighted by molar-refractivity contribution is -0.144. The first kappa shape index (κ1) is 13.9. The number of rotatable bonds is 5. The van der Waals surface area contributed by atoms with E-state index in [-0.39, 0.29) is 42.5 Å². The van der Waals surface area contributed by atoms with Gasteiger partial charge in [0, 0.05) is 12.3 Å². The third-order valence-electron chi connectivity index (χ3n) is 1.91. The summed E-state index contributed by atoms with van der Waals surface area (Å²) in [6, 6.07) is 0.0518. The van der Waals surface area contributed by atoms with Gasteiger partial charge in [-0.3, -0.25) is 4.79 Å². The van der Waals surface area contributed by atoms with E-state index in [1.165, 1.54) is 6.92 Å². The second-order valence-corrected chi connectivity index (χ2v) is 4.57. The van der Waals surface area contributed by atoms with Crippen molar-refractivity contribution in [1.29, 1.82) is 0 Å². The molecule has 0 unspecified atom stereocenters. The van der Waals surface area contributed by atoms with Crippen LogP contribution in [0.25, 0.3) is 0 Å². The topological polar surface area (TPSA) is 126 Å². The Balaban J connectivity index is 2.55. The Morgan fingerprint density at radius 1 is 1.17 bits per heavy atom. The van der Waals surface area contributed by atoms with Crippen LogP contribution in [0.4, 0.5) is 11.9 Å². The summed E-state index contributed by atoms with van der Waals surface area (Å²) in [5.74, 6) is -0.345. The van der Waals surface area contributed by atoms with Crippen LogP contribution in [0.3, 0.4) is 0 Å². The van der Waals surface area contributed by atoms with Gasteiger partial charge >= 0.3 is 12.0 Å². The largest absolute Gasteiger partial charge is 0.465 e. The van der Waals surface area contributed by atoms with Crippen molar-refractivity contribution >= 4 is 17.9 Å². The third-order valence-corrected chi connectivity index (χ3v) is 1.91. The zero-order chi connectivity index (χ0) is 13.8. The van der Waals surface area contributed by atoms with Crippen LogP contribution in [0.1, 0.15) is 20.8 Å². The van der Waals surface area contributed by atoms with Crippen LogP contribution in [-0.2, 0) is 9.53 Å². The Labute approximate surface area is 105 Å². The minimum atomic E-state index is -0.373. The summed E-state index contributed by atoms with van der Waals surface area (Å²) in [6.45, 7) is 5.60. The standard InChI is InChI=1S/C10H17N5O3/c1-6(16)17-4-10(2,3)5-18-9-14-7(11)13-8(12)15-9/h4-5H2,1-3H3,(H4,11,12,13,14,15). The number of esters is 1. The maximum atomic E-state index is 10.7. The highest BCUT2D eigenvalue weighted by atomic mass is 16.5. The lowest BCUT2D eigenvalue weighted by Crippen LogP contribution is -2.28. The van der Waals surface area contributed by atoms with Crippen LogP contribution in [0.15, 0.2) is 0 Å². The van der Waals surface area contributed by atoms with Crippen molar-refractivity contribution in [2.45, 2.75) is 20.8 Å². The first-order valence-electron chi connectivity index (χ1n) is 5.32. The smallest absolute Gasteiger partial charge is 0.323 e. The summed E-state index contributed by atoms with van der Waals surface area (Å²) in [5.41, 5.74) is 10.4. The number of nitrogens with two attached hydrogens (primary N) is 2. The average molecular weight is 255 g/mol. The number of carbonyl (C=O) groups excluding carboxylic acids is 1. The van der Waals surface area contributed by atoms with Crippen LogP contribution in [0.5, 0.6) is 6.01 Å². The van der Waals surface area contributed by atoms with Crippen LogP contribution in [0, 0.1) is 5.41 Å². The molecule has 0 aliphatic heterocycles. The summed E-state index contributed by atoms with van der Waals surface area (Å²) in [6.07, 6.45) is 0. The van der Waals surface area contributed by atoms with Crippen molar-refractivity contribution in [3.63, 3.8) is 0 Å². The Morgan fingerprint density at radius 3 is 2.22 bits per heavy atom. The second kappa shape index (κ2) is 5.48. The van der Waals surface area contributed by atoms with Gasteiger partial charge in [0.2, 0.25) is 11.9 Å². The van der Waals surface area contributed by atoms with Crippen molar-refractivity contribution < 1.29 is 14.3 Å². The summed E-state index contributed by atoms with van der Waals surface area (Å²) in [4.78, 5) is 21.9. The normalized spacial score (nSPS) is 11.1. The molecule has 8 nitrogen and oxygen atoms in total. The molecule has 8 heteroatoms. The number of anilines is 2. The van der Waals surface area contributed by atoms with Crippen molar-refractivity contribution in [3.05, 3.63) is 0 Å². The molecule has 1 aromatic rings. The molecule has 4 N–H and O–H groups in total. The molecule has 1 heterocycles. The van der Waals surface area contributed by atoms with Gasteiger partial charge in [-0.05, 0) is 0 Å². The van der Waals surface area contributed by atoms with Gasteiger partial charge in [-0.25, -0.2) is 0 Å². The third kappa shape index (κ3) is 4.81. The van der Waals surface area contributed by atoms with Crippen molar-refractivity contribution in [3.8, 4) is 6.01 Å². The Hall–Kier alpha value is -2.12. The number of hydrogen-bond donors (Lipinski definition) is 2. The Kier molecular flexibility index (Phi) is 4.24. The number of nitrogens with zero attached hydrogens (tertiary/aromatic N) is 3. The van der Waals surface area contributed by atoms with Gasteiger partial charge in [0.1, 0.15) is 0 Å². The predicted molar refractivity (Wildman–Crippen MR) is 64.6 cm³/mol. The summed E-state index contributed by atoms with van der Waals surface area (Å²) in [7, 11) is 0. The van der Waals surface area contributed by atoms with Crippen LogP contribution in [0.2, 0.25) is 0 Å². The van der Waals surface area contributed by atoms with E-state index in [1.54, 1.807) is 0 Å². The van der Waals surface area contributed by atoms with E-state index in [0.717, 1.165) is 0 Å². The van der Waals surface area contributed by atoms with E-state index in [1.807, 2.05) is 13.8 Å². The highest BCUT2D eigenvalue weighted by Gasteiger charge is 2.21. The fourth-order valence-corrected chi connectivity index (χ4v) is 1.05. The van der Waals surface area contributed by atoms with E-state index in [2.05, 4.69) is 15.0 Å². The molecule has 0 aromatic carbocycles. The molecular weight excluding hydrogens is 238 g/mol. The number of ether oxygens (including phenoxy) is 2. The number of aromatic nitrogens is 3. The van der Waals surface area contributed by atoms with Gasteiger partial charge in [0.25, 0.3) is 0 Å². The monoisotopic (exact) mass is 255 g/mol. The molecule has 0 spiro atoms. The second-order valence-electron chi connectivity index (χ2n) is 4.57. The quantitative estimate of drug-likeness (QED) is 0.704. The minimum absolute atomic E-state index is 0.00436. The zero-order valence-corrected chi connectivity index (χ0v) is 10.6. The summed E-state index contributed by atoms with van der Waals surface area (Å²) < 4.78 is 10.3. The fourth-order valence-electron chi connectivity index (χ4n) is 1.05. The molecule has 0 saturated heterocycles. The van der Waals surface area contributed by atoms with Crippen LogP contribution >= 0.6 is 0 Å². The molecule has 1 rings (SSSR count). The Bertz CT molecular complexity index is 415. The van der Waals surface area contributed by atoms with Gasteiger partial charge in [-0.15, -0.1) is 0 Å². The lowest BCUT2D eigenvalue weighted by atomic mass is 9.96. The highest BCUT2D eigenvalue weighted by Crippen LogP contribution is 2.17. The summed E-state index contributed by atoms with van der Waals surface area (Å²) >= 11 is 0. The van der Waals surface area contributed by atoms with Crippen LogP contribution < -0.4 is 16.2 Å². The van der Waals surface area contributed by atoms with Gasteiger partial charge in [0.05, 0.1) is 13.2 Å². The molecule has 1 aromatic heterocycles. The maximum Gasteiger partial charge on any atom is 0.323 e. The first-order chi connectivity index (χ1) is 8.28. The van der Waals surface area contributed by atoms with Crippen molar-refractivity contribution in [2.75, 3.05) is 24.7 Å². The zero-order valence-electron chi connectivity index (χ0n) is 10.6. The predicted octanol–water partition coefficient (Wildman–Crippen LogP) is 0.00410. The van der Waals surface area contributed by atoms with E-state index in [0.29, 0.717) is 0 Å². The van der Waals surface area contributed by atoms with E-state index in [4.69, 9.17) is 20.9 Å². The molecule has 0 bridgehead atoms. The SMILES string of the molecule is CC(=O)OCC(C)(C)COc1nc(N)nc(N)n1. The number of hydrogen-bond acceptors (Lipinski definition) is 8.